The van der Waals surface area contributed by atoms with Crippen LogP contribution in [-0.2, 0) is 27.2 Å². The van der Waals surface area contributed by atoms with Gasteiger partial charge in [0.1, 0.15) is 23.0 Å². The van der Waals surface area contributed by atoms with Gasteiger partial charge in [-0.3, -0.25) is 14.6 Å². The number of nitrogens with one attached hydrogen (secondary N) is 1. The molecule has 13 nitrogen and oxygen atoms in total. The zero-order valence-electron chi connectivity index (χ0n) is 42.8. The Balaban J connectivity index is 0.000000180. The van der Waals surface area contributed by atoms with E-state index in [1.54, 1.807) is 41.9 Å². The van der Waals surface area contributed by atoms with Gasteiger partial charge in [0, 0.05) is 155 Å². The second-order valence-corrected chi connectivity index (χ2v) is 19.9. The molecule has 0 saturated carbocycles. The van der Waals surface area contributed by atoms with Gasteiger partial charge in [-0.1, -0.05) is 59.6 Å². The molecular weight excluding hydrogens is 1100 g/mol. The molecule has 396 valence electrons. The van der Waals surface area contributed by atoms with Crippen molar-refractivity contribution in [3.8, 4) is 0 Å². The minimum absolute atomic E-state index is 0. The summed E-state index contributed by atoms with van der Waals surface area (Å²) >= 11 is 12.7. The van der Waals surface area contributed by atoms with Crippen molar-refractivity contribution in [1.29, 1.82) is 0 Å². The summed E-state index contributed by atoms with van der Waals surface area (Å²) in [6, 6.07) is 33.2. The summed E-state index contributed by atoms with van der Waals surface area (Å²) in [6.07, 6.45) is 0. The van der Waals surface area contributed by atoms with Crippen molar-refractivity contribution in [3.63, 3.8) is 0 Å². The molecule has 0 aliphatic carbocycles. The summed E-state index contributed by atoms with van der Waals surface area (Å²) in [5, 5.41) is 14.1. The van der Waals surface area contributed by atoms with E-state index < -0.39 is 5.97 Å². The zero-order valence-corrected chi connectivity index (χ0v) is 46.7. The van der Waals surface area contributed by atoms with E-state index in [0.717, 1.165) is 147 Å². The maximum atomic E-state index is 13.6. The van der Waals surface area contributed by atoms with Gasteiger partial charge in [-0.05, 0) is 97.8 Å². The smallest absolute Gasteiger partial charge is 0.352 e. The predicted octanol–water partition coefficient (Wildman–Crippen LogP) is 9.27. The molecule has 1 amide bonds. The molecule has 10 rings (SSSR count). The normalized spacial score (nSPS) is 16.5. The molecule has 0 bridgehead atoms. The lowest BCUT2D eigenvalue weighted by Crippen LogP contribution is -2.49. The minimum atomic E-state index is -0.879. The number of hydrogen-bond donors (Lipinski definition) is 2. The van der Waals surface area contributed by atoms with E-state index in [0.29, 0.717) is 31.9 Å². The highest BCUT2D eigenvalue weighted by Crippen LogP contribution is 2.29. The van der Waals surface area contributed by atoms with Crippen molar-refractivity contribution >= 4 is 81.8 Å². The van der Waals surface area contributed by atoms with Gasteiger partial charge in [0.15, 0.2) is 0 Å². The highest BCUT2D eigenvalue weighted by molar-refractivity contribution is 14.0. The Kier molecular flexibility index (Phi) is 20.1. The van der Waals surface area contributed by atoms with Crippen LogP contribution >= 0.6 is 47.2 Å². The fourth-order valence-corrected chi connectivity index (χ4v) is 10.6. The number of halogens is 5. The van der Waals surface area contributed by atoms with Crippen molar-refractivity contribution in [2.75, 3.05) is 124 Å². The average molecular weight is 1170 g/mol. The summed E-state index contributed by atoms with van der Waals surface area (Å²) in [7, 11) is 3.78. The Morgan fingerprint density at radius 3 is 1.35 bits per heavy atom. The zero-order chi connectivity index (χ0) is 51.6. The van der Waals surface area contributed by atoms with Crippen LogP contribution in [0.3, 0.4) is 0 Å². The number of benzene rings is 4. The van der Waals surface area contributed by atoms with Gasteiger partial charge in [-0.15, -0.1) is 24.0 Å². The molecule has 4 aliphatic heterocycles. The summed E-state index contributed by atoms with van der Waals surface area (Å²) in [5.41, 5.74) is 9.55. The number of aromatic carboxylic acids is 1. The summed E-state index contributed by atoms with van der Waals surface area (Å²) in [4.78, 5) is 40.4. The van der Waals surface area contributed by atoms with Crippen LogP contribution in [0.5, 0.6) is 0 Å². The van der Waals surface area contributed by atoms with E-state index in [4.69, 9.17) is 23.2 Å². The number of carboxylic acids is 1. The third-order valence-electron chi connectivity index (χ3n) is 14.7. The first-order valence-corrected chi connectivity index (χ1v) is 26.0. The van der Waals surface area contributed by atoms with Gasteiger partial charge in [0.05, 0.1) is 21.4 Å². The minimum Gasteiger partial charge on any atom is -0.477 e. The molecule has 4 aliphatic rings. The lowest BCUT2D eigenvalue weighted by molar-refractivity contribution is 0.0684. The van der Waals surface area contributed by atoms with Crippen molar-refractivity contribution in [2.45, 2.75) is 26.9 Å². The molecule has 4 aromatic carbocycles. The van der Waals surface area contributed by atoms with Crippen LogP contribution in [0, 0.1) is 25.5 Å². The van der Waals surface area contributed by atoms with Gasteiger partial charge < -0.3 is 44.1 Å². The molecule has 0 unspecified atom stereocenters. The predicted molar refractivity (Wildman–Crippen MR) is 307 cm³/mol. The third kappa shape index (κ3) is 14.1. The molecule has 4 fully saturated rings. The number of amides is 1. The summed E-state index contributed by atoms with van der Waals surface area (Å²) < 4.78 is 30.3. The van der Waals surface area contributed by atoms with E-state index in [2.05, 4.69) is 59.8 Å². The Bertz CT molecular complexity index is 2820. The molecule has 74 heavy (non-hydrogen) atoms. The molecule has 0 radical (unpaired) electrons. The van der Waals surface area contributed by atoms with E-state index in [-0.39, 0.29) is 41.5 Å². The lowest BCUT2D eigenvalue weighted by atomic mass is 10.2. The van der Waals surface area contributed by atoms with Crippen molar-refractivity contribution in [3.05, 3.63) is 165 Å². The standard InChI is InChI=1S/C28H33ClFN5O.C18H22ClN3O2.C10H13FN2.HI/c1-21-22(20-32-10-12-34(13-11-32)26-9-4-3-8-25(26)29)18-27(31(21)2)28(36)35-16-14-33(15-17-35)24-7-5-6-23(30)19-24;1-13-14(11-17(18(23)24)20(13)2)12-21-7-9-22(10-8-21)16-6-4-3-5-15(16)19;11-9-2-1-3-10(8-9)13-6-4-12-5-7-13;/h3-9,18-19H,10-17,20H2,1-2H3;3-6,11H,7-10,12H2,1-2H3,(H,23,24);1-3,8,12H,4-7H2;1H. The van der Waals surface area contributed by atoms with E-state index in [1.165, 1.54) is 17.7 Å². The molecule has 0 spiro atoms. The lowest BCUT2D eigenvalue weighted by Gasteiger charge is -2.36. The quantitative estimate of drug-likeness (QED) is 0.129. The summed E-state index contributed by atoms with van der Waals surface area (Å²) in [5.74, 6) is -1.20. The maximum Gasteiger partial charge on any atom is 0.352 e. The van der Waals surface area contributed by atoms with Crippen LogP contribution in [0.4, 0.5) is 31.5 Å². The van der Waals surface area contributed by atoms with Crippen LogP contribution < -0.4 is 24.9 Å². The monoisotopic (exact) mass is 1160 g/mol. The number of hydrogen-bond acceptors (Lipinski definition) is 9. The van der Waals surface area contributed by atoms with Gasteiger partial charge >= 0.3 is 5.97 Å². The van der Waals surface area contributed by atoms with E-state index in [9.17, 15) is 23.5 Å². The number of nitrogens with zero attached hydrogens (tertiary/aromatic N) is 9. The van der Waals surface area contributed by atoms with Gasteiger partial charge in [0.2, 0.25) is 0 Å². The van der Waals surface area contributed by atoms with Crippen LogP contribution in [0.2, 0.25) is 10.0 Å². The Morgan fingerprint density at radius 1 is 0.527 bits per heavy atom. The largest absolute Gasteiger partial charge is 0.477 e. The second-order valence-electron chi connectivity index (χ2n) is 19.1. The van der Waals surface area contributed by atoms with E-state index in [1.807, 2.05) is 72.0 Å². The SMILES string of the molecule is Cc1c(CN2CCN(c3ccccc3Cl)CC2)cc(C(=O)N2CCN(c3cccc(F)c3)CC2)n1C.Cc1c(CN2CCN(c3ccccc3Cl)CC2)cc(C(=O)O)n1C.Fc1cccc(N2CCNCC2)c1.I. The first-order valence-electron chi connectivity index (χ1n) is 25.2. The molecule has 0 atom stereocenters. The van der Waals surface area contributed by atoms with E-state index >= 15 is 0 Å². The first-order chi connectivity index (χ1) is 35.2. The first kappa shape index (κ1) is 56.4. The topological polar surface area (TPSA) is 98.9 Å². The Morgan fingerprint density at radius 2 is 0.932 bits per heavy atom. The van der Waals surface area contributed by atoms with Crippen LogP contribution in [-0.4, -0.2) is 146 Å². The van der Waals surface area contributed by atoms with Crippen molar-refractivity contribution in [1.82, 2.24) is 29.2 Å². The van der Waals surface area contributed by atoms with Crippen LogP contribution in [0.25, 0.3) is 0 Å². The number of rotatable bonds is 10. The molecule has 4 saturated heterocycles. The number of carboxylic acid groups (broad SMARTS) is 1. The maximum absolute atomic E-state index is 13.6. The fourth-order valence-electron chi connectivity index (χ4n) is 10.0. The molecule has 2 N–H and O–H groups in total. The number of carbonyl (C=O) groups excluding carboxylic acids is 1. The number of aromatic nitrogens is 2. The Hall–Kier alpha value is -5.37. The third-order valence-corrected chi connectivity index (χ3v) is 15.3. The van der Waals surface area contributed by atoms with Crippen LogP contribution in [0.15, 0.2) is 109 Å². The number of carbonyl (C=O) groups is 2. The van der Waals surface area contributed by atoms with Crippen LogP contribution in [0.1, 0.15) is 43.5 Å². The second kappa shape index (κ2) is 26.4. The number of anilines is 4. The molecule has 6 heterocycles. The Labute approximate surface area is 461 Å². The highest BCUT2D eigenvalue weighted by atomic mass is 127. The molecular formula is C56H69Cl2F2IN10O3. The average Bonchev–Trinajstić information content (AvgIpc) is 3.85. The molecule has 6 aromatic rings. The number of para-hydroxylation sites is 2. The number of piperazine rings is 4. The fraction of sp³-hybridized carbons (Fsp3) is 0.393. The molecule has 18 heteroatoms. The van der Waals surface area contributed by atoms with Gasteiger partial charge in [-0.2, -0.15) is 0 Å². The van der Waals surface area contributed by atoms with Gasteiger partial charge in [0.25, 0.3) is 5.91 Å². The molecule has 2 aromatic heterocycles. The highest BCUT2D eigenvalue weighted by Gasteiger charge is 2.28. The summed E-state index contributed by atoms with van der Waals surface area (Å²) in [6.45, 7) is 19.7. The van der Waals surface area contributed by atoms with Crippen molar-refractivity contribution < 1.29 is 23.5 Å². The van der Waals surface area contributed by atoms with Crippen molar-refractivity contribution in [2.24, 2.45) is 14.1 Å². The van der Waals surface area contributed by atoms with Gasteiger partial charge in [-0.25, -0.2) is 13.6 Å².